The first-order valence-corrected chi connectivity index (χ1v) is 7.63. The van der Waals surface area contributed by atoms with Gasteiger partial charge in [-0.1, -0.05) is 18.6 Å². The third-order valence-electron chi connectivity index (χ3n) is 4.39. The molecule has 0 amide bonds. The van der Waals surface area contributed by atoms with Gasteiger partial charge in [0.15, 0.2) is 11.6 Å². The van der Waals surface area contributed by atoms with E-state index in [2.05, 4.69) is 10.2 Å². The highest BCUT2D eigenvalue weighted by atomic mass is 19.2. The summed E-state index contributed by atoms with van der Waals surface area (Å²) in [6.07, 6.45) is 4.26. The summed E-state index contributed by atoms with van der Waals surface area (Å²) >= 11 is 0. The molecule has 2 rings (SSSR count). The highest BCUT2D eigenvalue weighted by molar-refractivity contribution is 5.22. The zero-order valence-electron chi connectivity index (χ0n) is 12.5. The largest absolute Gasteiger partial charge is 0.395 e. The summed E-state index contributed by atoms with van der Waals surface area (Å²) < 4.78 is 27.2. The van der Waals surface area contributed by atoms with Gasteiger partial charge in [0.25, 0.3) is 0 Å². The Hall–Kier alpha value is -1.04. The minimum Gasteiger partial charge on any atom is -0.395 e. The van der Waals surface area contributed by atoms with Crippen LogP contribution in [0.4, 0.5) is 8.78 Å². The molecule has 1 atom stereocenters. The first-order valence-electron chi connectivity index (χ1n) is 7.63. The lowest BCUT2D eigenvalue weighted by molar-refractivity contribution is 0.0970. The molecule has 3 nitrogen and oxygen atoms in total. The quantitative estimate of drug-likeness (QED) is 0.774. The number of nitrogens with zero attached hydrogens (tertiary/aromatic N) is 1. The molecule has 0 bridgehead atoms. The highest BCUT2D eigenvalue weighted by Gasteiger charge is 2.25. The van der Waals surface area contributed by atoms with Crippen molar-refractivity contribution in [3.63, 3.8) is 0 Å². The van der Waals surface area contributed by atoms with Crippen molar-refractivity contribution in [3.05, 3.63) is 35.4 Å². The van der Waals surface area contributed by atoms with Gasteiger partial charge in [-0.25, -0.2) is 8.78 Å². The lowest BCUT2D eigenvalue weighted by atomic mass is 9.91. The van der Waals surface area contributed by atoms with Gasteiger partial charge in [-0.15, -0.1) is 0 Å². The van der Waals surface area contributed by atoms with Crippen LogP contribution in [0.25, 0.3) is 0 Å². The van der Waals surface area contributed by atoms with Crippen molar-refractivity contribution in [2.75, 3.05) is 26.7 Å². The van der Waals surface area contributed by atoms with E-state index in [0.29, 0.717) is 24.6 Å². The fourth-order valence-corrected chi connectivity index (χ4v) is 2.90. The second kappa shape index (κ2) is 7.82. The predicted octanol–water partition coefficient (Wildman–Crippen LogP) is 2.46. The van der Waals surface area contributed by atoms with Crippen LogP contribution in [0.5, 0.6) is 0 Å². The average molecular weight is 298 g/mol. The van der Waals surface area contributed by atoms with E-state index in [1.54, 1.807) is 13.1 Å². The van der Waals surface area contributed by atoms with Gasteiger partial charge >= 0.3 is 0 Å². The Kier molecular flexibility index (Phi) is 6.08. The van der Waals surface area contributed by atoms with E-state index in [0.717, 1.165) is 12.6 Å². The highest BCUT2D eigenvalue weighted by Crippen LogP contribution is 2.27. The fourth-order valence-electron chi connectivity index (χ4n) is 2.90. The van der Waals surface area contributed by atoms with Gasteiger partial charge in [-0.05, 0) is 32.4 Å². The van der Waals surface area contributed by atoms with E-state index in [1.807, 2.05) is 0 Å². The summed E-state index contributed by atoms with van der Waals surface area (Å²) in [5, 5.41) is 12.2. The van der Waals surface area contributed by atoms with Crippen molar-refractivity contribution in [3.8, 4) is 0 Å². The molecule has 1 aliphatic rings. The molecular formula is C16H24F2N2O. The van der Waals surface area contributed by atoms with Crippen molar-refractivity contribution in [1.29, 1.82) is 0 Å². The first kappa shape index (κ1) is 16.3. The molecule has 0 heterocycles. The van der Waals surface area contributed by atoms with Crippen molar-refractivity contribution in [1.82, 2.24) is 10.2 Å². The van der Waals surface area contributed by atoms with E-state index in [4.69, 9.17) is 5.11 Å². The number of aliphatic hydroxyl groups is 1. The standard InChI is InChI=1S/C16H24F2N2O/c1-19-15(13-6-3-7-14(17)16(13)18)8-9-20(10-11-21)12-4-2-5-12/h3,6-7,12,15,19,21H,2,4-5,8-11H2,1H3. The van der Waals surface area contributed by atoms with Gasteiger partial charge in [0.1, 0.15) is 0 Å². The summed E-state index contributed by atoms with van der Waals surface area (Å²) in [5.74, 6) is -1.58. The number of aliphatic hydroxyl groups excluding tert-OH is 1. The molecule has 2 N–H and O–H groups in total. The molecule has 0 saturated heterocycles. The molecule has 5 heteroatoms. The Morgan fingerprint density at radius 3 is 2.67 bits per heavy atom. The number of hydrogen-bond acceptors (Lipinski definition) is 3. The Morgan fingerprint density at radius 2 is 2.10 bits per heavy atom. The zero-order valence-corrected chi connectivity index (χ0v) is 12.5. The maximum Gasteiger partial charge on any atom is 0.163 e. The van der Waals surface area contributed by atoms with Gasteiger partial charge in [-0.2, -0.15) is 0 Å². The number of nitrogens with one attached hydrogen (secondary N) is 1. The summed E-state index contributed by atoms with van der Waals surface area (Å²) in [4.78, 5) is 2.26. The van der Waals surface area contributed by atoms with Crippen molar-refractivity contribution in [2.24, 2.45) is 0 Å². The topological polar surface area (TPSA) is 35.5 Å². The molecule has 1 unspecified atom stereocenters. The SMILES string of the molecule is CNC(CCN(CCO)C1CCC1)c1cccc(F)c1F. The summed E-state index contributed by atoms with van der Waals surface area (Å²) in [6.45, 7) is 1.55. The van der Waals surface area contributed by atoms with E-state index in [1.165, 1.54) is 25.3 Å². The molecule has 1 fully saturated rings. The van der Waals surface area contributed by atoms with Crippen LogP contribution < -0.4 is 5.32 Å². The molecule has 1 saturated carbocycles. The molecule has 118 valence electrons. The number of halogens is 2. The van der Waals surface area contributed by atoms with E-state index in [9.17, 15) is 8.78 Å². The van der Waals surface area contributed by atoms with Gasteiger partial charge in [-0.3, -0.25) is 4.90 Å². The van der Waals surface area contributed by atoms with Gasteiger partial charge in [0.2, 0.25) is 0 Å². The zero-order chi connectivity index (χ0) is 15.2. The summed E-state index contributed by atoms with van der Waals surface area (Å²) in [5.41, 5.74) is 0.370. The Bertz CT molecular complexity index is 452. The van der Waals surface area contributed by atoms with Crippen molar-refractivity contribution >= 4 is 0 Å². The maximum atomic E-state index is 13.9. The van der Waals surface area contributed by atoms with Gasteiger partial charge in [0, 0.05) is 30.7 Å². The number of rotatable bonds is 8. The Labute approximate surface area is 125 Å². The maximum absolute atomic E-state index is 13.9. The molecule has 1 aromatic rings. The van der Waals surface area contributed by atoms with Crippen LogP contribution in [0, 0.1) is 11.6 Å². The Morgan fingerprint density at radius 1 is 1.33 bits per heavy atom. The monoisotopic (exact) mass is 298 g/mol. The molecule has 0 aromatic heterocycles. The summed E-state index contributed by atoms with van der Waals surface area (Å²) in [7, 11) is 1.76. The van der Waals surface area contributed by atoms with Crippen LogP contribution in [0.2, 0.25) is 0 Å². The van der Waals surface area contributed by atoms with Crippen LogP contribution in [0.3, 0.4) is 0 Å². The number of benzene rings is 1. The second-order valence-electron chi connectivity index (χ2n) is 5.62. The minimum absolute atomic E-state index is 0.134. The normalized spacial score (nSPS) is 17.0. The number of hydrogen-bond donors (Lipinski definition) is 2. The lowest BCUT2D eigenvalue weighted by Crippen LogP contribution is -2.43. The van der Waals surface area contributed by atoms with Crippen LogP contribution in [-0.2, 0) is 0 Å². The van der Waals surface area contributed by atoms with Gasteiger partial charge < -0.3 is 10.4 Å². The predicted molar refractivity (Wildman–Crippen MR) is 79.1 cm³/mol. The van der Waals surface area contributed by atoms with E-state index < -0.39 is 11.6 Å². The minimum atomic E-state index is -0.807. The average Bonchev–Trinajstić information content (AvgIpc) is 2.42. The molecule has 21 heavy (non-hydrogen) atoms. The van der Waals surface area contributed by atoms with E-state index in [-0.39, 0.29) is 12.6 Å². The van der Waals surface area contributed by atoms with Crippen molar-refractivity contribution < 1.29 is 13.9 Å². The third kappa shape index (κ3) is 3.99. The van der Waals surface area contributed by atoms with Gasteiger partial charge in [0.05, 0.1) is 6.61 Å². The molecule has 0 radical (unpaired) electrons. The van der Waals surface area contributed by atoms with E-state index >= 15 is 0 Å². The molecular weight excluding hydrogens is 274 g/mol. The van der Waals surface area contributed by atoms with Crippen molar-refractivity contribution in [2.45, 2.75) is 37.8 Å². The smallest absolute Gasteiger partial charge is 0.163 e. The molecule has 1 aliphatic carbocycles. The third-order valence-corrected chi connectivity index (χ3v) is 4.39. The van der Waals surface area contributed by atoms with Crippen LogP contribution >= 0.6 is 0 Å². The van der Waals surface area contributed by atoms with Crippen LogP contribution in [0.1, 0.15) is 37.3 Å². The molecule has 0 aliphatic heterocycles. The first-order chi connectivity index (χ1) is 10.2. The fraction of sp³-hybridized carbons (Fsp3) is 0.625. The molecule has 0 spiro atoms. The Balaban J connectivity index is 1.99. The lowest BCUT2D eigenvalue weighted by Gasteiger charge is -2.38. The summed E-state index contributed by atoms with van der Waals surface area (Å²) in [6, 6.07) is 4.61. The van der Waals surface area contributed by atoms with Crippen LogP contribution in [0.15, 0.2) is 18.2 Å². The second-order valence-corrected chi connectivity index (χ2v) is 5.62. The van der Waals surface area contributed by atoms with Crippen LogP contribution in [-0.4, -0.2) is 42.8 Å². The molecule has 1 aromatic carbocycles.